The van der Waals surface area contributed by atoms with Crippen molar-refractivity contribution in [1.82, 2.24) is 10.2 Å². The molecule has 0 spiro atoms. The summed E-state index contributed by atoms with van der Waals surface area (Å²) < 4.78 is 0. The molecule has 0 radical (unpaired) electrons. The van der Waals surface area contributed by atoms with Gasteiger partial charge in [-0.15, -0.1) is 0 Å². The van der Waals surface area contributed by atoms with Crippen LogP contribution in [0, 0.1) is 5.92 Å². The zero-order valence-corrected chi connectivity index (χ0v) is 9.86. The van der Waals surface area contributed by atoms with Crippen LogP contribution >= 0.6 is 0 Å². The molecule has 1 rings (SSSR count). The Morgan fingerprint density at radius 1 is 1.53 bits per heavy atom. The van der Waals surface area contributed by atoms with Crippen LogP contribution in [0.4, 0.5) is 0 Å². The average Bonchev–Trinajstić information content (AvgIpc) is 2.28. The van der Waals surface area contributed by atoms with Gasteiger partial charge in [0.25, 0.3) is 0 Å². The number of nitrogens with one attached hydrogen (secondary N) is 1. The van der Waals surface area contributed by atoms with Crippen LogP contribution in [0.25, 0.3) is 0 Å². The van der Waals surface area contributed by atoms with Gasteiger partial charge in [-0.2, -0.15) is 0 Å². The minimum atomic E-state index is -0.334. The second-order valence-corrected chi connectivity index (χ2v) is 4.71. The Morgan fingerprint density at radius 2 is 2.20 bits per heavy atom. The first-order valence-corrected chi connectivity index (χ1v) is 5.69. The quantitative estimate of drug-likeness (QED) is 0.706. The molecule has 2 atom stereocenters. The van der Waals surface area contributed by atoms with E-state index in [1.165, 1.54) is 0 Å². The van der Waals surface area contributed by atoms with Gasteiger partial charge < -0.3 is 10.4 Å². The molecule has 0 aromatic heterocycles. The summed E-state index contributed by atoms with van der Waals surface area (Å²) in [4.78, 5) is 13.5. The van der Waals surface area contributed by atoms with Crippen LogP contribution in [0.5, 0.6) is 0 Å². The lowest BCUT2D eigenvalue weighted by Gasteiger charge is -2.32. The normalized spacial score (nSPS) is 26.2. The Bertz CT molecular complexity index is 217. The van der Waals surface area contributed by atoms with Crippen LogP contribution in [0.1, 0.15) is 27.2 Å². The first-order chi connectivity index (χ1) is 7.00. The lowest BCUT2D eigenvalue weighted by Crippen LogP contribution is -2.46. The molecule has 0 aliphatic carbocycles. The van der Waals surface area contributed by atoms with E-state index in [0.29, 0.717) is 31.5 Å². The number of aliphatic hydroxyl groups is 1. The van der Waals surface area contributed by atoms with Crippen molar-refractivity contribution in [3.8, 4) is 0 Å². The number of β-amino-alcohol motifs (C(OH)–C–C–N with tert-alkyl or cyclic N) is 1. The van der Waals surface area contributed by atoms with Crippen LogP contribution in [-0.4, -0.2) is 47.7 Å². The number of hydrogen-bond acceptors (Lipinski definition) is 3. The number of nitrogens with zero attached hydrogens (tertiary/aromatic N) is 1. The molecule has 4 nitrogen and oxygen atoms in total. The predicted octanol–water partition coefficient (Wildman–Crippen LogP) is 0.214. The number of amides is 1. The van der Waals surface area contributed by atoms with E-state index < -0.39 is 0 Å². The molecule has 1 fully saturated rings. The van der Waals surface area contributed by atoms with E-state index >= 15 is 0 Å². The lowest BCUT2D eigenvalue weighted by atomic mass is 10.0. The minimum Gasteiger partial charge on any atom is -0.392 e. The summed E-state index contributed by atoms with van der Waals surface area (Å²) in [5.74, 6) is 0.607. The maximum Gasteiger partial charge on any atom is 0.221 e. The molecule has 1 aliphatic heterocycles. The third-order valence-corrected chi connectivity index (χ3v) is 2.87. The maximum absolute atomic E-state index is 11.3. The van der Waals surface area contributed by atoms with Crippen LogP contribution < -0.4 is 5.32 Å². The minimum absolute atomic E-state index is 0.119. The van der Waals surface area contributed by atoms with Gasteiger partial charge >= 0.3 is 0 Å². The van der Waals surface area contributed by atoms with Crippen molar-refractivity contribution in [3.63, 3.8) is 0 Å². The fourth-order valence-corrected chi connectivity index (χ4v) is 2.07. The molecule has 1 saturated heterocycles. The van der Waals surface area contributed by atoms with Gasteiger partial charge in [-0.1, -0.05) is 13.8 Å². The summed E-state index contributed by atoms with van der Waals surface area (Å²) in [5.41, 5.74) is 0. The molecule has 0 aromatic rings. The first-order valence-electron chi connectivity index (χ1n) is 5.69. The van der Waals surface area contributed by atoms with E-state index in [-0.39, 0.29) is 12.0 Å². The number of rotatable bonds is 3. The van der Waals surface area contributed by atoms with Crippen molar-refractivity contribution in [2.75, 3.05) is 19.6 Å². The van der Waals surface area contributed by atoms with Crippen molar-refractivity contribution >= 4 is 5.91 Å². The van der Waals surface area contributed by atoms with Crippen LogP contribution in [0.3, 0.4) is 0 Å². The highest BCUT2D eigenvalue weighted by molar-refractivity contribution is 5.76. The van der Waals surface area contributed by atoms with Crippen LogP contribution in [0.15, 0.2) is 0 Å². The zero-order valence-electron chi connectivity index (χ0n) is 9.86. The largest absolute Gasteiger partial charge is 0.392 e. The molecule has 2 N–H and O–H groups in total. The molecule has 1 amide bonds. The number of carbonyl (C=O) groups excluding carboxylic acids is 1. The lowest BCUT2D eigenvalue weighted by molar-refractivity contribution is -0.120. The van der Waals surface area contributed by atoms with Gasteiger partial charge in [-0.3, -0.25) is 9.69 Å². The van der Waals surface area contributed by atoms with E-state index in [1.54, 1.807) is 6.92 Å². The van der Waals surface area contributed by atoms with Gasteiger partial charge in [0.2, 0.25) is 5.91 Å². The summed E-state index contributed by atoms with van der Waals surface area (Å²) in [5, 5.41) is 12.3. The van der Waals surface area contributed by atoms with Gasteiger partial charge in [0.1, 0.15) is 0 Å². The van der Waals surface area contributed by atoms with Gasteiger partial charge in [-0.25, -0.2) is 0 Å². The van der Waals surface area contributed by atoms with Crippen molar-refractivity contribution in [3.05, 3.63) is 0 Å². The van der Waals surface area contributed by atoms with Crippen molar-refractivity contribution in [2.45, 2.75) is 39.3 Å². The second kappa shape index (κ2) is 5.47. The molecule has 15 heavy (non-hydrogen) atoms. The Morgan fingerprint density at radius 3 is 2.73 bits per heavy atom. The highest BCUT2D eigenvalue weighted by Gasteiger charge is 2.26. The summed E-state index contributed by atoms with van der Waals surface area (Å²) in [6, 6.07) is 0.339. The third kappa shape index (κ3) is 3.80. The van der Waals surface area contributed by atoms with E-state index in [4.69, 9.17) is 0 Å². The predicted molar refractivity (Wildman–Crippen MR) is 59.5 cm³/mol. The van der Waals surface area contributed by atoms with Crippen molar-refractivity contribution in [1.29, 1.82) is 0 Å². The average molecular weight is 214 g/mol. The molecular weight excluding hydrogens is 192 g/mol. The number of hydrogen-bond donors (Lipinski definition) is 2. The molecular formula is C11H22N2O2. The van der Waals surface area contributed by atoms with Crippen molar-refractivity contribution < 1.29 is 9.90 Å². The van der Waals surface area contributed by atoms with E-state index in [9.17, 15) is 9.90 Å². The Labute approximate surface area is 91.6 Å². The van der Waals surface area contributed by atoms with Crippen LogP contribution in [0.2, 0.25) is 0 Å². The summed E-state index contributed by atoms with van der Waals surface area (Å²) in [7, 11) is 0. The molecule has 0 aromatic carbocycles. The standard InChI is InChI=1S/C11H22N2O2/c1-8(2)10-6-12-11(15)4-5-13(10)7-9(3)14/h8-10,14H,4-7H2,1-3H3,(H,12,15). The van der Waals surface area contributed by atoms with Gasteiger partial charge in [0, 0.05) is 32.1 Å². The molecule has 1 heterocycles. The Balaban J connectivity index is 2.64. The summed E-state index contributed by atoms with van der Waals surface area (Å²) in [6.07, 6.45) is 0.204. The van der Waals surface area contributed by atoms with Crippen LogP contribution in [-0.2, 0) is 4.79 Å². The zero-order chi connectivity index (χ0) is 11.4. The molecule has 0 saturated carbocycles. The molecule has 0 bridgehead atoms. The maximum atomic E-state index is 11.3. The highest BCUT2D eigenvalue weighted by Crippen LogP contribution is 2.13. The Hall–Kier alpha value is -0.610. The van der Waals surface area contributed by atoms with Crippen molar-refractivity contribution in [2.24, 2.45) is 5.92 Å². The monoisotopic (exact) mass is 214 g/mol. The highest BCUT2D eigenvalue weighted by atomic mass is 16.3. The van der Waals surface area contributed by atoms with E-state index in [2.05, 4.69) is 24.1 Å². The molecule has 1 aliphatic rings. The van der Waals surface area contributed by atoms with Gasteiger partial charge in [0.05, 0.1) is 6.10 Å². The first kappa shape index (κ1) is 12.5. The second-order valence-electron chi connectivity index (χ2n) is 4.71. The fraction of sp³-hybridized carbons (Fsp3) is 0.909. The Kier molecular flexibility index (Phi) is 4.54. The number of carbonyl (C=O) groups is 1. The van der Waals surface area contributed by atoms with Gasteiger partial charge in [-0.05, 0) is 12.8 Å². The van der Waals surface area contributed by atoms with Gasteiger partial charge in [0.15, 0.2) is 0 Å². The smallest absolute Gasteiger partial charge is 0.221 e. The SMILES string of the molecule is CC(O)CN1CCC(=O)NCC1C(C)C. The molecule has 2 unspecified atom stereocenters. The summed E-state index contributed by atoms with van der Waals surface area (Å²) >= 11 is 0. The topological polar surface area (TPSA) is 52.6 Å². The van der Waals surface area contributed by atoms with E-state index in [0.717, 1.165) is 6.54 Å². The summed E-state index contributed by atoms with van der Waals surface area (Å²) in [6.45, 7) is 8.19. The van der Waals surface area contributed by atoms with E-state index in [1.807, 2.05) is 0 Å². The molecule has 4 heteroatoms. The fourth-order valence-electron chi connectivity index (χ4n) is 2.07. The third-order valence-electron chi connectivity index (χ3n) is 2.87. The molecule has 88 valence electrons. The number of aliphatic hydroxyl groups excluding tert-OH is 1.